The summed E-state index contributed by atoms with van der Waals surface area (Å²) in [5, 5.41) is 13.1. The van der Waals surface area contributed by atoms with Gasteiger partial charge in [-0.1, -0.05) is 12.5 Å². The van der Waals surface area contributed by atoms with Gasteiger partial charge in [0.05, 0.1) is 23.6 Å². The Morgan fingerprint density at radius 1 is 1.42 bits per heavy atom. The lowest BCUT2D eigenvalue weighted by Gasteiger charge is -2.19. The Morgan fingerprint density at radius 3 is 2.84 bits per heavy atom. The Bertz CT molecular complexity index is 421. The van der Waals surface area contributed by atoms with Crippen LogP contribution in [-0.2, 0) is 0 Å². The summed E-state index contributed by atoms with van der Waals surface area (Å²) in [4.78, 5) is 0. The molecule has 1 saturated carbocycles. The highest BCUT2D eigenvalue weighted by Crippen LogP contribution is 2.31. The quantitative estimate of drug-likeness (QED) is 0.715. The summed E-state index contributed by atoms with van der Waals surface area (Å²) in [7, 11) is 0. The van der Waals surface area contributed by atoms with Crippen LogP contribution in [0.4, 0.5) is 11.4 Å². The molecule has 0 amide bonds. The van der Waals surface area contributed by atoms with Crippen molar-refractivity contribution in [1.82, 2.24) is 0 Å². The number of hydrogen-bond donors (Lipinski definition) is 3. The third kappa shape index (κ3) is 3.53. The molecule has 1 aliphatic rings. The van der Waals surface area contributed by atoms with Crippen molar-refractivity contribution in [2.45, 2.75) is 45.3 Å². The van der Waals surface area contributed by atoms with E-state index in [0.29, 0.717) is 17.4 Å². The number of hydrogen-bond acceptors (Lipinski definition) is 4. The fourth-order valence-corrected chi connectivity index (χ4v) is 2.55. The lowest BCUT2D eigenvalue weighted by atomic mass is 10.1. The van der Waals surface area contributed by atoms with Gasteiger partial charge < -0.3 is 20.9 Å². The lowest BCUT2D eigenvalue weighted by molar-refractivity contribution is 0.138. The van der Waals surface area contributed by atoms with Gasteiger partial charge in [-0.05, 0) is 38.8 Å². The van der Waals surface area contributed by atoms with Crippen LogP contribution in [0.5, 0.6) is 5.75 Å². The Morgan fingerprint density at radius 2 is 2.21 bits per heavy atom. The largest absolute Gasteiger partial charge is 0.489 e. The number of nitrogen functional groups attached to an aromatic ring is 1. The first kappa shape index (κ1) is 14.0. The van der Waals surface area contributed by atoms with Gasteiger partial charge in [0.25, 0.3) is 0 Å². The molecule has 2 unspecified atom stereocenters. The van der Waals surface area contributed by atoms with Crippen LogP contribution in [0.2, 0.25) is 0 Å². The maximum atomic E-state index is 9.81. The van der Waals surface area contributed by atoms with Gasteiger partial charge in [0.1, 0.15) is 5.75 Å². The maximum Gasteiger partial charge on any atom is 0.144 e. The van der Waals surface area contributed by atoms with Crippen molar-refractivity contribution in [3.8, 4) is 5.75 Å². The van der Waals surface area contributed by atoms with E-state index in [1.54, 1.807) is 0 Å². The summed E-state index contributed by atoms with van der Waals surface area (Å²) in [6.45, 7) is 4.72. The molecular weight excluding hydrogens is 240 g/mol. The first-order valence-corrected chi connectivity index (χ1v) is 7.05. The highest BCUT2D eigenvalue weighted by Gasteiger charge is 2.24. The molecule has 4 N–H and O–H groups in total. The van der Waals surface area contributed by atoms with Crippen LogP contribution in [0.15, 0.2) is 18.2 Å². The minimum atomic E-state index is -0.177. The van der Waals surface area contributed by atoms with Gasteiger partial charge in [-0.3, -0.25) is 0 Å². The van der Waals surface area contributed by atoms with E-state index in [4.69, 9.17) is 10.5 Å². The molecular formula is C15H24N2O2. The molecule has 1 fully saturated rings. The van der Waals surface area contributed by atoms with E-state index < -0.39 is 0 Å². The molecule has 1 aliphatic carbocycles. The second-order valence-electron chi connectivity index (χ2n) is 5.52. The average Bonchev–Trinajstić information content (AvgIpc) is 2.76. The number of aliphatic hydroxyl groups excluding tert-OH is 1. The Labute approximate surface area is 115 Å². The van der Waals surface area contributed by atoms with E-state index >= 15 is 0 Å². The second kappa shape index (κ2) is 6.15. The van der Waals surface area contributed by atoms with Gasteiger partial charge >= 0.3 is 0 Å². The first-order valence-electron chi connectivity index (χ1n) is 7.05. The van der Waals surface area contributed by atoms with Crippen molar-refractivity contribution >= 4 is 11.4 Å². The van der Waals surface area contributed by atoms with Crippen LogP contribution in [-0.4, -0.2) is 23.9 Å². The molecule has 0 radical (unpaired) electrons. The van der Waals surface area contributed by atoms with E-state index in [0.717, 1.165) is 31.5 Å². The zero-order valence-electron chi connectivity index (χ0n) is 11.7. The van der Waals surface area contributed by atoms with Crippen LogP contribution in [0.3, 0.4) is 0 Å². The Balaban J connectivity index is 2.00. The third-order valence-corrected chi connectivity index (χ3v) is 3.60. The standard InChI is InChI=1S/C15H24N2O2/c1-10(2)19-14-8-4-6-12(15(14)16)17-9-11-5-3-7-13(11)18/h4,6,8,10-11,13,17-18H,3,5,7,9,16H2,1-2H3. The van der Waals surface area contributed by atoms with Gasteiger partial charge in [0.2, 0.25) is 0 Å². The van der Waals surface area contributed by atoms with Crippen molar-refractivity contribution in [3.63, 3.8) is 0 Å². The number of aliphatic hydroxyl groups is 1. The Hall–Kier alpha value is -1.42. The van der Waals surface area contributed by atoms with Crippen LogP contribution < -0.4 is 15.8 Å². The smallest absolute Gasteiger partial charge is 0.144 e. The monoisotopic (exact) mass is 264 g/mol. The summed E-state index contributed by atoms with van der Waals surface area (Å²) in [5.41, 5.74) is 7.63. The molecule has 0 aromatic heterocycles. The van der Waals surface area contributed by atoms with Crippen LogP contribution >= 0.6 is 0 Å². The molecule has 1 aromatic rings. The number of nitrogens with one attached hydrogen (secondary N) is 1. The summed E-state index contributed by atoms with van der Waals surface area (Å²) in [5.74, 6) is 1.04. The van der Waals surface area contributed by atoms with Crippen molar-refractivity contribution in [2.75, 3.05) is 17.6 Å². The van der Waals surface area contributed by atoms with Gasteiger partial charge in [-0.2, -0.15) is 0 Å². The predicted octanol–water partition coefficient (Wildman–Crippen LogP) is 2.63. The topological polar surface area (TPSA) is 67.5 Å². The molecule has 106 valence electrons. The van der Waals surface area contributed by atoms with E-state index in [2.05, 4.69) is 5.32 Å². The number of rotatable bonds is 5. The van der Waals surface area contributed by atoms with Crippen molar-refractivity contribution < 1.29 is 9.84 Å². The van der Waals surface area contributed by atoms with Crippen molar-refractivity contribution in [2.24, 2.45) is 5.92 Å². The fourth-order valence-electron chi connectivity index (χ4n) is 2.55. The maximum absolute atomic E-state index is 9.81. The lowest BCUT2D eigenvalue weighted by Crippen LogP contribution is -2.22. The number of benzene rings is 1. The molecule has 4 heteroatoms. The SMILES string of the molecule is CC(C)Oc1cccc(NCC2CCCC2O)c1N. The third-order valence-electron chi connectivity index (χ3n) is 3.60. The minimum Gasteiger partial charge on any atom is -0.489 e. The van der Waals surface area contributed by atoms with Crippen molar-refractivity contribution in [3.05, 3.63) is 18.2 Å². The molecule has 0 aliphatic heterocycles. The zero-order chi connectivity index (χ0) is 13.8. The summed E-state index contributed by atoms with van der Waals surface area (Å²) < 4.78 is 5.66. The van der Waals surface area contributed by atoms with Gasteiger partial charge in [0, 0.05) is 12.5 Å². The van der Waals surface area contributed by atoms with E-state index in [1.807, 2.05) is 32.0 Å². The van der Waals surface area contributed by atoms with Crippen molar-refractivity contribution in [1.29, 1.82) is 0 Å². The van der Waals surface area contributed by atoms with Gasteiger partial charge in [-0.15, -0.1) is 0 Å². The second-order valence-corrected chi connectivity index (χ2v) is 5.52. The predicted molar refractivity (Wildman–Crippen MR) is 78.5 cm³/mol. The summed E-state index contributed by atoms with van der Waals surface area (Å²) in [6.07, 6.45) is 3.03. The highest BCUT2D eigenvalue weighted by atomic mass is 16.5. The van der Waals surface area contributed by atoms with E-state index in [-0.39, 0.29) is 12.2 Å². The molecule has 19 heavy (non-hydrogen) atoms. The number of para-hydroxylation sites is 1. The molecule has 1 aromatic carbocycles. The average molecular weight is 264 g/mol. The summed E-state index contributed by atoms with van der Waals surface area (Å²) in [6, 6.07) is 5.76. The van der Waals surface area contributed by atoms with E-state index in [1.165, 1.54) is 0 Å². The number of ether oxygens (including phenoxy) is 1. The molecule has 2 rings (SSSR count). The minimum absolute atomic E-state index is 0.106. The Kier molecular flexibility index (Phi) is 4.53. The van der Waals surface area contributed by atoms with Crippen LogP contribution in [0, 0.1) is 5.92 Å². The number of nitrogens with two attached hydrogens (primary N) is 1. The number of anilines is 2. The van der Waals surface area contributed by atoms with Crippen LogP contribution in [0.1, 0.15) is 33.1 Å². The van der Waals surface area contributed by atoms with Gasteiger partial charge in [0.15, 0.2) is 0 Å². The van der Waals surface area contributed by atoms with E-state index in [9.17, 15) is 5.11 Å². The molecule has 0 bridgehead atoms. The normalized spacial score (nSPS) is 22.7. The fraction of sp³-hybridized carbons (Fsp3) is 0.600. The summed E-state index contributed by atoms with van der Waals surface area (Å²) >= 11 is 0. The molecule has 4 nitrogen and oxygen atoms in total. The highest BCUT2D eigenvalue weighted by molar-refractivity contribution is 5.72. The van der Waals surface area contributed by atoms with Gasteiger partial charge in [-0.25, -0.2) is 0 Å². The first-order chi connectivity index (χ1) is 9.08. The zero-order valence-corrected chi connectivity index (χ0v) is 11.7. The van der Waals surface area contributed by atoms with Crippen LogP contribution in [0.25, 0.3) is 0 Å². The molecule has 0 spiro atoms. The molecule has 0 saturated heterocycles. The molecule has 0 heterocycles. The molecule has 2 atom stereocenters.